The van der Waals surface area contributed by atoms with Gasteiger partial charge in [-0.15, -0.1) is 5.10 Å². The van der Waals surface area contributed by atoms with Gasteiger partial charge in [-0.3, -0.25) is 9.78 Å². The fraction of sp³-hybridized carbons (Fsp3) is 0.571. The Morgan fingerprint density at radius 2 is 2.00 bits per heavy atom. The van der Waals surface area contributed by atoms with Crippen molar-refractivity contribution in [2.75, 3.05) is 24.6 Å². The maximum absolute atomic E-state index is 12.2. The van der Waals surface area contributed by atoms with Crippen molar-refractivity contribution >= 4 is 5.82 Å². The summed E-state index contributed by atoms with van der Waals surface area (Å²) in [7, 11) is 0. The normalized spacial score (nSPS) is 11.5. The van der Waals surface area contributed by atoms with Crippen molar-refractivity contribution in [3.63, 3.8) is 0 Å². The summed E-state index contributed by atoms with van der Waals surface area (Å²) < 4.78 is 36.6. The lowest BCUT2D eigenvalue weighted by atomic mass is 10.4. The number of aromatic amines is 2. The maximum atomic E-state index is 12.2. The molecule has 10 heteroatoms. The topological polar surface area (TPSA) is 102 Å². The van der Waals surface area contributed by atoms with Crippen LogP contribution in [-0.2, 0) is 0 Å². The summed E-state index contributed by atoms with van der Waals surface area (Å²) in [5.74, 6) is -0.601. The lowest BCUT2D eigenvalue weighted by Crippen LogP contribution is -2.41. The van der Waals surface area contributed by atoms with Gasteiger partial charge in [0.05, 0.1) is 6.61 Å². The Kier molecular flexibility index (Phi) is 3.89. The number of alkyl halides is 3. The second-order valence-electron chi connectivity index (χ2n) is 3.09. The van der Waals surface area contributed by atoms with E-state index in [-0.39, 0.29) is 0 Å². The second kappa shape index (κ2) is 4.99. The molecule has 0 unspecified atom stereocenters. The molecule has 17 heavy (non-hydrogen) atoms. The fourth-order valence-electron chi connectivity index (χ4n) is 1.15. The van der Waals surface area contributed by atoms with Crippen LogP contribution in [0.15, 0.2) is 9.59 Å². The van der Waals surface area contributed by atoms with Crippen LogP contribution in [0.1, 0.15) is 0 Å². The van der Waals surface area contributed by atoms with E-state index in [1.807, 2.05) is 5.10 Å². The molecule has 1 aromatic heterocycles. The molecule has 0 spiro atoms. The van der Waals surface area contributed by atoms with E-state index in [0.717, 1.165) is 0 Å². The molecule has 96 valence electrons. The molecule has 7 nitrogen and oxygen atoms in total. The van der Waals surface area contributed by atoms with E-state index in [1.165, 1.54) is 0 Å². The van der Waals surface area contributed by atoms with Crippen LogP contribution in [-0.4, -0.2) is 46.2 Å². The van der Waals surface area contributed by atoms with Gasteiger partial charge in [0.1, 0.15) is 6.54 Å². The number of anilines is 1. The van der Waals surface area contributed by atoms with Crippen molar-refractivity contribution in [3.05, 3.63) is 20.8 Å². The molecular weight excluding hydrogens is 245 g/mol. The quantitative estimate of drug-likeness (QED) is 0.627. The van der Waals surface area contributed by atoms with E-state index >= 15 is 0 Å². The summed E-state index contributed by atoms with van der Waals surface area (Å²) >= 11 is 0. The highest BCUT2D eigenvalue weighted by molar-refractivity contribution is 5.34. The van der Waals surface area contributed by atoms with Crippen LogP contribution in [0.4, 0.5) is 19.0 Å². The average molecular weight is 254 g/mol. The number of H-pyrrole nitrogens is 2. The summed E-state index contributed by atoms with van der Waals surface area (Å²) in [5, 5.41) is 13.6. The Morgan fingerprint density at radius 3 is 2.47 bits per heavy atom. The first-order chi connectivity index (χ1) is 7.83. The molecular formula is C7H9F3N4O3. The number of nitrogens with one attached hydrogen (secondary N) is 2. The van der Waals surface area contributed by atoms with Crippen LogP contribution in [0.3, 0.4) is 0 Å². The molecule has 3 N–H and O–H groups in total. The zero-order chi connectivity index (χ0) is 13.1. The Labute approximate surface area is 91.9 Å². The standard InChI is InChI=1S/C7H9F3N4O3/c8-7(9,10)3-14(1-2-15)4-5(16)11-6(17)13-12-4/h15H,1-3H2,(H2,11,13,16,17). The molecule has 0 saturated heterocycles. The van der Waals surface area contributed by atoms with Gasteiger partial charge < -0.3 is 10.0 Å². The number of hydrogen-bond acceptors (Lipinski definition) is 5. The summed E-state index contributed by atoms with van der Waals surface area (Å²) in [6, 6.07) is 0. The van der Waals surface area contributed by atoms with Gasteiger partial charge in [-0.2, -0.15) is 13.2 Å². The molecule has 1 rings (SSSR count). The Morgan fingerprint density at radius 1 is 1.35 bits per heavy atom. The Bertz CT molecular complexity index is 480. The zero-order valence-electron chi connectivity index (χ0n) is 8.41. The SMILES string of the molecule is O=c1[nH]nc(N(CCO)CC(F)(F)F)c(=O)[nH]1. The average Bonchev–Trinajstić information content (AvgIpc) is 2.14. The number of aromatic nitrogens is 3. The van der Waals surface area contributed by atoms with Crippen LogP contribution in [0.2, 0.25) is 0 Å². The highest BCUT2D eigenvalue weighted by atomic mass is 19.4. The third-order valence-corrected chi connectivity index (χ3v) is 1.73. The molecule has 0 aromatic carbocycles. The van der Waals surface area contributed by atoms with Gasteiger partial charge >= 0.3 is 11.9 Å². The van der Waals surface area contributed by atoms with Crippen molar-refractivity contribution in [1.29, 1.82) is 0 Å². The number of hydrogen-bond donors (Lipinski definition) is 3. The first kappa shape index (κ1) is 13.2. The van der Waals surface area contributed by atoms with Crippen LogP contribution in [0.25, 0.3) is 0 Å². The molecule has 0 fully saturated rings. The van der Waals surface area contributed by atoms with Crippen LogP contribution < -0.4 is 16.1 Å². The monoisotopic (exact) mass is 254 g/mol. The van der Waals surface area contributed by atoms with Crippen molar-refractivity contribution < 1.29 is 18.3 Å². The second-order valence-corrected chi connectivity index (χ2v) is 3.09. The van der Waals surface area contributed by atoms with Gasteiger partial charge in [0, 0.05) is 6.54 Å². The van der Waals surface area contributed by atoms with E-state index in [2.05, 4.69) is 5.10 Å². The highest BCUT2D eigenvalue weighted by Gasteiger charge is 2.32. The fourth-order valence-corrected chi connectivity index (χ4v) is 1.15. The van der Waals surface area contributed by atoms with Gasteiger partial charge in [-0.05, 0) is 0 Å². The Balaban J connectivity index is 3.05. The van der Waals surface area contributed by atoms with E-state index < -0.39 is 42.9 Å². The summed E-state index contributed by atoms with van der Waals surface area (Å²) in [4.78, 5) is 24.1. The van der Waals surface area contributed by atoms with Gasteiger partial charge in [-0.25, -0.2) is 9.89 Å². The lowest BCUT2D eigenvalue weighted by Gasteiger charge is -2.22. The minimum Gasteiger partial charge on any atom is -0.395 e. The van der Waals surface area contributed by atoms with Gasteiger partial charge in [0.15, 0.2) is 0 Å². The minimum absolute atomic E-state index is 0.429. The largest absolute Gasteiger partial charge is 0.405 e. The van der Waals surface area contributed by atoms with Crippen LogP contribution in [0, 0.1) is 0 Å². The molecule has 1 heterocycles. The van der Waals surface area contributed by atoms with E-state index in [9.17, 15) is 22.8 Å². The molecule has 0 aliphatic rings. The third-order valence-electron chi connectivity index (χ3n) is 1.73. The summed E-state index contributed by atoms with van der Waals surface area (Å²) in [6.07, 6.45) is -4.56. The first-order valence-corrected chi connectivity index (χ1v) is 4.45. The maximum Gasteiger partial charge on any atom is 0.405 e. The molecule has 1 aromatic rings. The van der Waals surface area contributed by atoms with Gasteiger partial charge in [0.2, 0.25) is 5.82 Å². The molecule has 0 aliphatic carbocycles. The molecule has 0 atom stereocenters. The van der Waals surface area contributed by atoms with E-state index in [4.69, 9.17) is 5.11 Å². The number of rotatable bonds is 4. The third kappa shape index (κ3) is 3.90. The summed E-state index contributed by atoms with van der Waals surface area (Å²) in [6.45, 7) is -2.46. The molecule has 0 aliphatic heterocycles. The number of aliphatic hydroxyl groups is 1. The van der Waals surface area contributed by atoms with Crippen molar-refractivity contribution in [2.24, 2.45) is 0 Å². The Hall–Kier alpha value is -1.84. The van der Waals surface area contributed by atoms with E-state index in [0.29, 0.717) is 4.90 Å². The van der Waals surface area contributed by atoms with Crippen molar-refractivity contribution in [2.45, 2.75) is 6.18 Å². The predicted octanol–water partition coefficient (Wildman–Crippen LogP) is -1.18. The van der Waals surface area contributed by atoms with Crippen LogP contribution in [0.5, 0.6) is 0 Å². The van der Waals surface area contributed by atoms with E-state index in [1.54, 1.807) is 4.98 Å². The molecule has 0 amide bonds. The molecule has 0 saturated carbocycles. The summed E-state index contributed by atoms with van der Waals surface area (Å²) in [5.41, 5.74) is -1.97. The number of halogens is 3. The highest BCUT2D eigenvalue weighted by Crippen LogP contribution is 2.17. The first-order valence-electron chi connectivity index (χ1n) is 4.45. The number of aliphatic hydroxyl groups excluding tert-OH is 1. The molecule has 0 bridgehead atoms. The molecule has 0 radical (unpaired) electrons. The lowest BCUT2D eigenvalue weighted by molar-refractivity contribution is -0.120. The predicted molar refractivity (Wildman–Crippen MR) is 50.8 cm³/mol. The van der Waals surface area contributed by atoms with Crippen molar-refractivity contribution in [1.82, 2.24) is 15.2 Å². The van der Waals surface area contributed by atoms with Crippen molar-refractivity contribution in [3.8, 4) is 0 Å². The zero-order valence-corrected chi connectivity index (χ0v) is 8.41. The minimum atomic E-state index is -4.56. The smallest absolute Gasteiger partial charge is 0.395 e. The number of nitrogens with zero attached hydrogens (tertiary/aromatic N) is 2. The van der Waals surface area contributed by atoms with Gasteiger partial charge in [-0.1, -0.05) is 0 Å². The van der Waals surface area contributed by atoms with Gasteiger partial charge in [0.25, 0.3) is 5.56 Å². The van der Waals surface area contributed by atoms with Crippen LogP contribution >= 0.6 is 0 Å².